The molecule has 0 saturated heterocycles. The summed E-state index contributed by atoms with van der Waals surface area (Å²) in [7, 11) is 0. The fraction of sp³-hybridized carbons (Fsp3) is 0.438. The number of hydrogen-bond acceptors (Lipinski definition) is 3. The Labute approximate surface area is 144 Å². The number of halogens is 2. The van der Waals surface area contributed by atoms with Crippen molar-refractivity contribution in [2.45, 2.75) is 13.8 Å². The normalized spacial score (nSPS) is 11.5. The van der Waals surface area contributed by atoms with Crippen LogP contribution >= 0.6 is 0 Å². The molecule has 0 bridgehead atoms. The van der Waals surface area contributed by atoms with Crippen molar-refractivity contribution in [2.75, 3.05) is 38.0 Å². The Hall–Kier alpha value is -2.55. The number of quaternary nitrogens is 1. The molecule has 0 aliphatic carbocycles. The predicted molar refractivity (Wildman–Crippen MR) is 87.9 cm³/mol. The summed E-state index contributed by atoms with van der Waals surface area (Å²) in [6.45, 7) is 4.65. The number of carbonyl (C=O) groups is 3. The van der Waals surface area contributed by atoms with Gasteiger partial charge in [-0.1, -0.05) is 0 Å². The summed E-state index contributed by atoms with van der Waals surface area (Å²) in [5, 5.41) is 7.43. The minimum atomic E-state index is -1.07. The largest absolute Gasteiger partial charge is 0.351 e. The van der Waals surface area contributed by atoms with Crippen LogP contribution in [0.3, 0.4) is 0 Å². The van der Waals surface area contributed by atoms with E-state index in [1.165, 1.54) is 6.07 Å². The Morgan fingerprint density at radius 1 is 0.960 bits per heavy atom. The smallest absolute Gasteiger partial charge is 0.275 e. The molecule has 1 atom stereocenters. The molecule has 1 aromatic rings. The number of rotatable bonds is 9. The highest BCUT2D eigenvalue weighted by Crippen LogP contribution is 2.12. The molecule has 0 aliphatic rings. The highest BCUT2D eigenvalue weighted by Gasteiger charge is 2.16. The summed E-state index contributed by atoms with van der Waals surface area (Å²) in [5.74, 6) is -3.19. The van der Waals surface area contributed by atoms with E-state index in [-0.39, 0.29) is 37.1 Å². The molecular formula is C16H23F2N4O3+. The molecule has 0 heterocycles. The van der Waals surface area contributed by atoms with Gasteiger partial charge in [0.15, 0.2) is 24.7 Å². The monoisotopic (exact) mass is 357 g/mol. The number of hydrogen-bond donors (Lipinski definition) is 4. The second kappa shape index (κ2) is 10.3. The van der Waals surface area contributed by atoms with E-state index < -0.39 is 17.5 Å². The molecule has 0 fully saturated rings. The number of nitrogens with one attached hydrogen (secondary N) is 4. The van der Waals surface area contributed by atoms with Crippen LogP contribution in [-0.2, 0) is 14.4 Å². The number of carbonyl (C=O) groups excluding carboxylic acids is 3. The summed E-state index contributed by atoms with van der Waals surface area (Å²) >= 11 is 0. The Morgan fingerprint density at radius 2 is 1.60 bits per heavy atom. The van der Waals surface area contributed by atoms with Crippen molar-refractivity contribution in [2.24, 2.45) is 0 Å². The van der Waals surface area contributed by atoms with Gasteiger partial charge in [-0.05, 0) is 26.0 Å². The van der Waals surface area contributed by atoms with Crippen molar-refractivity contribution in [1.29, 1.82) is 0 Å². The number of likely N-dealkylation sites (N-methyl/N-ethyl adjacent to an activating group) is 2. The molecule has 0 radical (unpaired) electrons. The topological polar surface area (TPSA) is 91.7 Å². The van der Waals surface area contributed by atoms with Crippen LogP contribution in [0.5, 0.6) is 0 Å². The van der Waals surface area contributed by atoms with Crippen LogP contribution < -0.4 is 20.9 Å². The third-order valence-electron chi connectivity index (χ3n) is 3.34. The molecule has 25 heavy (non-hydrogen) atoms. The molecule has 7 nitrogen and oxygen atoms in total. The molecule has 138 valence electrons. The van der Waals surface area contributed by atoms with Gasteiger partial charge in [-0.3, -0.25) is 14.4 Å². The van der Waals surface area contributed by atoms with E-state index in [1.54, 1.807) is 0 Å². The summed E-state index contributed by atoms with van der Waals surface area (Å²) in [6.07, 6.45) is 0. The lowest BCUT2D eigenvalue weighted by molar-refractivity contribution is -0.881. The number of amides is 3. The standard InChI is InChI=1S/C16H22F2N4O3/c1-3-19-15(24)9-22(4-2)10-16(25)20-8-14(23)21-11-5-6-12(17)13(18)7-11/h5-7H,3-4,8-10H2,1-2H3,(H,19,24)(H,20,25)(H,21,23)/p+1. The molecule has 0 aliphatic heterocycles. The van der Waals surface area contributed by atoms with E-state index in [4.69, 9.17) is 0 Å². The lowest BCUT2D eigenvalue weighted by atomic mass is 10.3. The lowest BCUT2D eigenvalue weighted by Gasteiger charge is -2.16. The Balaban J connectivity index is 2.40. The van der Waals surface area contributed by atoms with Crippen LogP contribution in [0.4, 0.5) is 14.5 Å². The van der Waals surface area contributed by atoms with Gasteiger partial charge in [0, 0.05) is 18.3 Å². The SMILES string of the molecule is CCNC(=O)C[NH+](CC)CC(=O)NCC(=O)Nc1ccc(F)c(F)c1. The lowest BCUT2D eigenvalue weighted by Crippen LogP contribution is -3.14. The fourth-order valence-electron chi connectivity index (χ4n) is 2.05. The van der Waals surface area contributed by atoms with E-state index >= 15 is 0 Å². The van der Waals surface area contributed by atoms with Gasteiger partial charge in [0.25, 0.3) is 11.8 Å². The average Bonchev–Trinajstić information content (AvgIpc) is 2.56. The van der Waals surface area contributed by atoms with Gasteiger partial charge in [0.05, 0.1) is 13.1 Å². The maximum atomic E-state index is 13.1. The molecule has 1 rings (SSSR count). The van der Waals surface area contributed by atoms with Gasteiger partial charge < -0.3 is 20.9 Å². The molecule has 4 N–H and O–H groups in total. The van der Waals surface area contributed by atoms with Crippen molar-refractivity contribution in [3.8, 4) is 0 Å². The summed E-state index contributed by atoms with van der Waals surface area (Å²) in [6, 6.07) is 2.96. The van der Waals surface area contributed by atoms with Gasteiger partial charge >= 0.3 is 0 Å². The minimum Gasteiger partial charge on any atom is -0.351 e. The van der Waals surface area contributed by atoms with Crippen molar-refractivity contribution in [3.63, 3.8) is 0 Å². The molecule has 0 saturated carbocycles. The Bertz CT molecular complexity index is 625. The highest BCUT2D eigenvalue weighted by atomic mass is 19.2. The second-order valence-corrected chi connectivity index (χ2v) is 5.36. The third kappa shape index (κ3) is 7.71. The third-order valence-corrected chi connectivity index (χ3v) is 3.34. The van der Waals surface area contributed by atoms with Gasteiger partial charge in [0.2, 0.25) is 5.91 Å². The van der Waals surface area contributed by atoms with E-state index in [0.717, 1.165) is 17.0 Å². The van der Waals surface area contributed by atoms with Crippen LogP contribution in [0.15, 0.2) is 18.2 Å². The molecule has 0 aromatic heterocycles. The van der Waals surface area contributed by atoms with E-state index in [1.807, 2.05) is 13.8 Å². The zero-order valence-corrected chi connectivity index (χ0v) is 14.2. The Morgan fingerprint density at radius 3 is 2.16 bits per heavy atom. The summed E-state index contributed by atoms with van der Waals surface area (Å²) < 4.78 is 25.9. The first kappa shape index (κ1) is 20.5. The van der Waals surface area contributed by atoms with Crippen molar-refractivity contribution >= 4 is 23.4 Å². The van der Waals surface area contributed by atoms with Crippen LogP contribution in [0.2, 0.25) is 0 Å². The molecule has 9 heteroatoms. The molecular weight excluding hydrogens is 334 g/mol. The first-order valence-electron chi connectivity index (χ1n) is 7.97. The zero-order chi connectivity index (χ0) is 18.8. The maximum absolute atomic E-state index is 13.1. The number of benzene rings is 1. The quantitative estimate of drug-likeness (QED) is 0.460. The van der Waals surface area contributed by atoms with Gasteiger partial charge in [-0.15, -0.1) is 0 Å². The van der Waals surface area contributed by atoms with E-state index in [9.17, 15) is 23.2 Å². The summed E-state index contributed by atoms with van der Waals surface area (Å²) in [5.41, 5.74) is 0.0928. The van der Waals surface area contributed by atoms with Crippen molar-refractivity contribution in [3.05, 3.63) is 29.8 Å². The fourth-order valence-corrected chi connectivity index (χ4v) is 2.05. The predicted octanol–water partition coefficient (Wildman–Crippen LogP) is -0.940. The van der Waals surface area contributed by atoms with Gasteiger partial charge in [-0.2, -0.15) is 0 Å². The molecule has 3 amide bonds. The molecule has 1 unspecified atom stereocenters. The van der Waals surface area contributed by atoms with Crippen LogP contribution in [-0.4, -0.2) is 50.4 Å². The molecule has 0 spiro atoms. The van der Waals surface area contributed by atoms with E-state index in [2.05, 4.69) is 16.0 Å². The Kier molecular flexibility index (Phi) is 8.48. The van der Waals surface area contributed by atoms with Crippen LogP contribution in [0.25, 0.3) is 0 Å². The first-order chi connectivity index (χ1) is 11.8. The first-order valence-corrected chi connectivity index (χ1v) is 7.97. The van der Waals surface area contributed by atoms with Gasteiger partial charge in [0.1, 0.15) is 0 Å². The highest BCUT2D eigenvalue weighted by molar-refractivity contribution is 5.94. The minimum absolute atomic E-state index is 0.0477. The second-order valence-electron chi connectivity index (χ2n) is 5.36. The van der Waals surface area contributed by atoms with Crippen LogP contribution in [0, 0.1) is 11.6 Å². The van der Waals surface area contributed by atoms with Crippen LogP contribution in [0.1, 0.15) is 13.8 Å². The number of anilines is 1. The van der Waals surface area contributed by atoms with Crippen molar-refractivity contribution in [1.82, 2.24) is 10.6 Å². The summed E-state index contributed by atoms with van der Waals surface area (Å²) in [4.78, 5) is 35.9. The van der Waals surface area contributed by atoms with Gasteiger partial charge in [-0.25, -0.2) is 8.78 Å². The zero-order valence-electron chi connectivity index (χ0n) is 14.2. The maximum Gasteiger partial charge on any atom is 0.275 e. The van der Waals surface area contributed by atoms with E-state index in [0.29, 0.717) is 13.1 Å². The average molecular weight is 357 g/mol. The van der Waals surface area contributed by atoms with Crippen molar-refractivity contribution < 1.29 is 28.1 Å². The molecule has 1 aromatic carbocycles.